The van der Waals surface area contributed by atoms with Crippen LogP contribution in [-0.2, 0) is 6.42 Å². The number of rotatable bonds is 2. The van der Waals surface area contributed by atoms with E-state index in [2.05, 4.69) is 41.3 Å². The Morgan fingerprint density at radius 1 is 1.24 bits per heavy atom. The lowest BCUT2D eigenvalue weighted by Gasteiger charge is -2.14. The van der Waals surface area contributed by atoms with Crippen LogP contribution in [0.3, 0.4) is 0 Å². The van der Waals surface area contributed by atoms with Crippen molar-refractivity contribution in [3.63, 3.8) is 0 Å². The van der Waals surface area contributed by atoms with Crippen LogP contribution in [-0.4, -0.2) is 18.1 Å². The lowest BCUT2D eigenvalue weighted by atomic mass is 10.1. The minimum atomic E-state index is 0.466. The minimum Gasteiger partial charge on any atom is -0.358 e. The average Bonchev–Trinajstić information content (AvgIpc) is 3.11. The Hall–Kier alpha value is -2.38. The molecule has 0 aliphatic carbocycles. The lowest BCUT2D eigenvalue weighted by molar-refractivity contribution is 0.909. The van der Waals surface area contributed by atoms with Crippen molar-refractivity contribution in [2.45, 2.75) is 6.42 Å². The van der Waals surface area contributed by atoms with E-state index in [4.69, 9.17) is 10.2 Å². The number of thiazole rings is 1. The van der Waals surface area contributed by atoms with E-state index in [0.717, 1.165) is 23.5 Å². The number of nitrogens with zero attached hydrogens (tertiary/aromatic N) is 3. The maximum Gasteiger partial charge on any atom is 0.124 e. The van der Waals surface area contributed by atoms with Crippen LogP contribution < -0.4 is 4.90 Å². The van der Waals surface area contributed by atoms with Crippen LogP contribution >= 0.6 is 11.3 Å². The number of fused-ring (bicyclic) bond motifs is 2. The highest BCUT2D eigenvalue weighted by Crippen LogP contribution is 2.35. The van der Waals surface area contributed by atoms with Crippen LogP contribution in [0.5, 0.6) is 0 Å². The fourth-order valence-electron chi connectivity index (χ4n) is 2.85. The van der Waals surface area contributed by atoms with E-state index in [1.807, 2.05) is 12.1 Å². The zero-order valence-electron chi connectivity index (χ0n) is 11.4. The lowest BCUT2D eigenvalue weighted by Crippen LogP contribution is -2.20. The fourth-order valence-corrected chi connectivity index (χ4v) is 3.81. The zero-order chi connectivity index (χ0) is 14.2. The van der Waals surface area contributed by atoms with Gasteiger partial charge in [0, 0.05) is 17.8 Å². The standard InChI is InChI=1S/C17H13N3S/c18-8-10-20-9-7-12-11-13(5-6-15(12)20)17-19-14-3-1-2-4-16(14)21-17/h1-6,11H,7,9-10H2. The van der Waals surface area contributed by atoms with E-state index in [0.29, 0.717) is 6.54 Å². The van der Waals surface area contributed by atoms with Crippen molar-refractivity contribution in [1.29, 1.82) is 5.26 Å². The molecule has 1 aliphatic rings. The third-order valence-corrected chi connectivity index (χ3v) is 4.96. The van der Waals surface area contributed by atoms with Crippen LogP contribution in [0.4, 0.5) is 5.69 Å². The summed E-state index contributed by atoms with van der Waals surface area (Å²) in [7, 11) is 0. The Balaban J connectivity index is 1.75. The van der Waals surface area contributed by atoms with Crippen molar-refractivity contribution < 1.29 is 0 Å². The van der Waals surface area contributed by atoms with Crippen LogP contribution in [0.15, 0.2) is 42.5 Å². The van der Waals surface area contributed by atoms with Gasteiger partial charge in [0.2, 0.25) is 0 Å². The van der Waals surface area contributed by atoms with Crippen LogP contribution in [0.25, 0.3) is 20.8 Å². The van der Waals surface area contributed by atoms with Gasteiger partial charge in [-0.25, -0.2) is 4.98 Å². The third kappa shape index (κ3) is 2.07. The normalized spacial score (nSPS) is 13.4. The number of benzene rings is 2. The highest BCUT2D eigenvalue weighted by Gasteiger charge is 2.19. The summed E-state index contributed by atoms with van der Waals surface area (Å²) in [5.41, 5.74) is 4.75. The Morgan fingerprint density at radius 2 is 2.14 bits per heavy atom. The maximum absolute atomic E-state index is 8.87. The molecule has 3 aromatic rings. The van der Waals surface area contributed by atoms with E-state index in [1.54, 1.807) is 11.3 Å². The summed E-state index contributed by atoms with van der Waals surface area (Å²) in [6.07, 6.45) is 1.01. The molecule has 21 heavy (non-hydrogen) atoms. The molecule has 2 heterocycles. The molecule has 1 aliphatic heterocycles. The van der Waals surface area contributed by atoms with Crippen molar-refractivity contribution >= 4 is 27.2 Å². The number of nitriles is 1. The molecule has 2 aromatic carbocycles. The first kappa shape index (κ1) is 12.4. The van der Waals surface area contributed by atoms with Gasteiger partial charge in [-0.1, -0.05) is 12.1 Å². The Labute approximate surface area is 127 Å². The molecule has 102 valence electrons. The molecule has 0 atom stereocenters. The summed E-state index contributed by atoms with van der Waals surface area (Å²) in [5.74, 6) is 0. The van der Waals surface area contributed by atoms with Crippen molar-refractivity contribution in [1.82, 2.24) is 4.98 Å². The third-order valence-electron chi connectivity index (χ3n) is 3.87. The van der Waals surface area contributed by atoms with Crippen molar-refractivity contribution in [2.75, 3.05) is 18.0 Å². The van der Waals surface area contributed by atoms with Crippen molar-refractivity contribution in [3.8, 4) is 16.6 Å². The van der Waals surface area contributed by atoms with Crippen LogP contribution in [0.2, 0.25) is 0 Å². The van der Waals surface area contributed by atoms with Crippen LogP contribution in [0, 0.1) is 11.3 Å². The number of aromatic nitrogens is 1. The largest absolute Gasteiger partial charge is 0.358 e. The topological polar surface area (TPSA) is 39.9 Å². The fraction of sp³-hybridized carbons (Fsp3) is 0.176. The summed E-state index contributed by atoms with van der Waals surface area (Å²) >= 11 is 1.73. The number of hydrogen-bond acceptors (Lipinski definition) is 4. The molecule has 4 rings (SSSR count). The first-order valence-corrected chi connectivity index (χ1v) is 7.77. The molecule has 1 aromatic heterocycles. The van der Waals surface area contributed by atoms with E-state index in [1.165, 1.54) is 21.5 Å². The van der Waals surface area contributed by atoms with Gasteiger partial charge in [-0.2, -0.15) is 5.26 Å². The second-order valence-electron chi connectivity index (χ2n) is 5.16. The molecule has 3 nitrogen and oxygen atoms in total. The summed E-state index contributed by atoms with van der Waals surface area (Å²) in [5, 5.41) is 9.93. The van der Waals surface area contributed by atoms with Gasteiger partial charge in [0.05, 0.1) is 16.3 Å². The molecule has 0 saturated carbocycles. The summed E-state index contributed by atoms with van der Waals surface area (Å²) in [6, 6.07) is 16.9. The minimum absolute atomic E-state index is 0.466. The first-order chi connectivity index (χ1) is 10.3. The predicted octanol–water partition coefficient (Wildman–Crippen LogP) is 3.85. The quantitative estimate of drug-likeness (QED) is 0.673. The zero-order valence-corrected chi connectivity index (χ0v) is 12.2. The monoisotopic (exact) mass is 291 g/mol. The molecule has 4 heteroatoms. The van der Waals surface area contributed by atoms with Gasteiger partial charge in [0.15, 0.2) is 0 Å². The van der Waals surface area contributed by atoms with Gasteiger partial charge in [0.25, 0.3) is 0 Å². The highest BCUT2D eigenvalue weighted by atomic mass is 32.1. The summed E-state index contributed by atoms with van der Waals surface area (Å²) in [6.45, 7) is 1.40. The molecule has 0 amide bonds. The Bertz CT molecular complexity index is 827. The number of hydrogen-bond donors (Lipinski definition) is 0. The number of para-hydroxylation sites is 1. The van der Waals surface area contributed by atoms with E-state index < -0.39 is 0 Å². The second kappa shape index (κ2) is 4.87. The molecule has 0 bridgehead atoms. The molecular formula is C17H13N3S. The van der Waals surface area contributed by atoms with Crippen molar-refractivity contribution in [2.24, 2.45) is 0 Å². The first-order valence-electron chi connectivity index (χ1n) is 6.96. The summed E-state index contributed by atoms with van der Waals surface area (Å²) in [4.78, 5) is 6.85. The van der Waals surface area contributed by atoms with E-state index >= 15 is 0 Å². The Morgan fingerprint density at radius 3 is 3.00 bits per heavy atom. The number of anilines is 1. The van der Waals surface area contributed by atoms with Gasteiger partial charge >= 0.3 is 0 Å². The van der Waals surface area contributed by atoms with Gasteiger partial charge in [-0.05, 0) is 42.3 Å². The Kier molecular flexibility index (Phi) is 2.87. The summed E-state index contributed by atoms with van der Waals surface area (Å²) < 4.78 is 1.22. The molecule has 0 unspecified atom stereocenters. The maximum atomic E-state index is 8.87. The average molecular weight is 291 g/mol. The predicted molar refractivity (Wildman–Crippen MR) is 86.6 cm³/mol. The molecule has 0 spiro atoms. The van der Waals surface area contributed by atoms with Crippen LogP contribution in [0.1, 0.15) is 5.56 Å². The van der Waals surface area contributed by atoms with E-state index in [9.17, 15) is 0 Å². The van der Waals surface area contributed by atoms with Crippen molar-refractivity contribution in [3.05, 3.63) is 48.0 Å². The molecule has 0 radical (unpaired) electrons. The van der Waals surface area contributed by atoms with Gasteiger partial charge in [-0.3, -0.25) is 0 Å². The highest BCUT2D eigenvalue weighted by molar-refractivity contribution is 7.21. The molecule has 0 N–H and O–H groups in total. The smallest absolute Gasteiger partial charge is 0.124 e. The van der Waals surface area contributed by atoms with E-state index in [-0.39, 0.29) is 0 Å². The molecule has 0 fully saturated rings. The molecule has 0 saturated heterocycles. The van der Waals surface area contributed by atoms with Gasteiger partial charge in [-0.15, -0.1) is 11.3 Å². The van der Waals surface area contributed by atoms with Gasteiger partial charge < -0.3 is 4.90 Å². The molecular weight excluding hydrogens is 278 g/mol. The SMILES string of the molecule is N#CCN1CCc2cc(-c3nc4ccccc4s3)ccc21. The van der Waals surface area contributed by atoms with Gasteiger partial charge in [0.1, 0.15) is 11.6 Å². The second-order valence-corrected chi connectivity index (χ2v) is 6.19.